The summed E-state index contributed by atoms with van der Waals surface area (Å²) in [4.78, 5) is 4.70. The van der Waals surface area contributed by atoms with Crippen LogP contribution in [0.1, 0.15) is 22.5 Å². The van der Waals surface area contributed by atoms with E-state index in [0.29, 0.717) is 0 Å². The molecule has 5 nitrogen and oxygen atoms in total. The third-order valence-corrected chi connectivity index (χ3v) is 4.67. The third kappa shape index (κ3) is 5.20. The molecule has 0 fully saturated rings. The Morgan fingerprint density at radius 3 is 1.53 bits per heavy atom. The van der Waals surface area contributed by atoms with Crippen molar-refractivity contribution in [3.05, 3.63) is 77.1 Å². The van der Waals surface area contributed by atoms with Gasteiger partial charge in [0.05, 0.1) is 37.0 Å². The van der Waals surface area contributed by atoms with E-state index in [0.717, 1.165) is 45.4 Å². The highest BCUT2D eigenvalue weighted by atomic mass is 16.5. The highest BCUT2D eigenvalue weighted by molar-refractivity contribution is 5.74. The van der Waals surface area contributed by atoms with Gasteiger partial charge in [0.2, 0.25) is 0 Å². The SMILES string of the molecule is CNc1cc(C=Cc2cccc(C=Cc3ccc(OC)c(NC)c3)n2)ccc1OC. The topological polar surface area (TPSA) is 55.4 Å². The molecular weight excluding hydrogens is 374 g/mol. The van der Waals surface area contributed by atoms with Gasteiger partial charge < -0.3 is 20.1 Å². The molecule has 0 saturated heterocycles. The predicted octanol–water partition coefficient (Wildman–Crippen LogP) is 5.52. The summed E-state index contributed by atoms with van der Waals surface area (Å²) in [5.74, 6) is 1.64. The summed E-state index contributed by atoms with van der Waals surface area (Å²) in [7, 11) is 7.09. The average Bonchev–Trinajstić information content (AvgIpc) is 2.81. The summed E-state index contributed by atoms with van der Waals surface area (Å²) < 4.78 is 10.7. The Balaban J connectivity index is 1.76. The normalized spacial score (nSPS) is 11.1. The van der Waals surface area contributed by atoms with E-state index in [-0.39, 0.29) is 0 Å². The van der Waals surface area contributed by atoms with E-state index in [9.17, 15) is 0 Å². The molecule has 2 N–H and O–H groups in total. The quantitative estimate of drug-likeness (QED) is 0.520. The summed E-state index contributed by atoms with van der Waals surface area (Å²) in [6.07, 6.45) is 8.09. The first-order chi connectivity index (χ1) is 14.7. The van der Waals surface area contributed by atoms with Gasteiger partial charge in [0.25, 0.3) is 0 Å². The van der Waals surface area contributed by atoms with E-state index in [4.69, 9.17) is 14.5 Å². The van der Waals surface area contributed by atoms with Gasteiger partial charge in [0.1, 0.15) is 11.5 Å². The van der Waals surface area contributed by atoms with Crippen molar-refractivity contribution in [3.8, 4) is 11.5 Å². The number of rotatable bonds is 8. The lowest BCUT2D eigenvalue weighted by atomic mass is 10.1. The van der Waals surface area contributed by atoms with Gasteiger partial charge in [0.15, 0.2) is 0 Å². The zero-order chi connectivity index (χ0) is 21.3. The lowest BCUT2D eigenvalue weighted by Gasteiger charge is -2.08. The Kier molecular flexibility index (Phi) is 7.11. The summed E-state index contributed by atoms with van der Waals surface area (Å²) in [5.41, 5.74) is 5.82. The molecule has 0 aliphatic heterocycles. The molecule has 0 amide bonds. The van der Waals surface area contributed by atoms with Crippen LogP contribution in [0.15, 0.2) is 54.6 Å². The number of hydrogen-bond acceptors (Lipinski definition) is 5. The maximum Gasteiger partial charge on any atom is 0.141 e. The van der Waals surface area contributed by atoms with Gasteiger partial charge in [-0.1, -0.05) is 30.4 Å². The molecule has 0 unspecified atom stereocenters. The standard InChI is InChI=1S/C25H27N3O2/c1-26-22-16-18(10-14-24(22)29-3)8-12-20-6-5-7-21(28-20)13-9-19-11-15-25(30-4)23(17-19)27-2/h5-17,26-27H,1-4H3. The second-order valence-electron chi connectivity index (χ2n) is 6.57. The van der Waals surface area contributed by atoms with Crippen LogP contribution in [0, 0.1) is 0 Å². The molecular formula is C25H27N3O2. The molecule has 2 aromatic carbocycles. The first-order valence-electron chi connectivity index (χ1n) is 9.71. The minimum atomic E-state index is 0.819. The van der Waals surface area contributed by atoms with Gasteiger partial charge in [-0.15, -0.1) is 0 Å². The Morgan fingerprint density at radius 2 is 1.13 bits per heavy atom. The highest BCUT2D eigenvalue weighted by Gasteiger charge is 2.02. The lowest BCUT2D eigenvalue weighted by molar-refractivity contribution is 0.416. The molecule has 5 heteroatoms. The highest BCUT2D eigenvalue weighted by Crippen LogP contribution is 2.26. The molecule has 0 spiro atoms. The van der Waals surface area contributed by atoms with Crippen LogP contribution in [0.2, 0.25) is 0 Å². The van der Waals surface area contributed by atoms with Crippen LogP contribution in [-0.4, -0.2) is 33.3 Å². The molecule has 1 aromatic heterocycles. The Morgan fingerprint density at radius 1 is 0.667 bits per heavy atom. The van der Waals surface area contributed by atoms with Crippen LogP contribution in [0.3, 0.4) is 0 Å². The Labute approximate surface area is 178 Å². The van der Waals surface area contributed by atoms with Crippen molar-refractivity contribution in [1.82, 2.24) is 4.98 Å². The first kappa shape index (κ1) is 21.0. The number of benzene rings is 2. The second kappa shape index (κ2) is 10.2. The minimum absolute atomic E-state index is 0.819. The lowest BCUT2D eigenvalue weighted by Crippen LogP contribution is -1.93. The van der Waals surface area contributed by atoms with Crippen molar-refractivity contribution >= 4 is 35.7 Å². The fourth-order valence-corrected chi connectivity index (χ4v) is 3.07. The number of nitrogens with zero attached hydrogens (tertiary/aromatic N) is 1. The van der Waals surface area contributed by atoms with Crippen LogP contribution < -0.4 is 20.1 Å². The first-order valence-corrected chi connectivity index (χ1v) is 9.71. The fourth-order valence-electron chi connectivity index (χ4n) is 3.07. The van der Waals surface area contributed by atoms with Crippen LogP contribution in [-0.2, 0) is 0 Å². The van der Waals surface area contributed by atoms with E-state index < -0.39 is 0 Å². The maximum atomic E-state index is 5.34. The van der Waals surface area contributed by atoms with E-state index in [2.05, 4.69) is 10.6 Å². The molecule has 0 bridgehead atoms. The van der Waals surface area contributed by atoms with Gasteiger partial charge in [-0.25, -0.2) is 4.98 Å². The van der Waals surface area contributed by atoms with Crippen LogP contribution in [0.25, 0.3) is 24.3 Å². The van der Waals surface area contributed by atoms with Gasteiger partial charge in [0, 0.05) is 14.1 Å². The van der Waals surface area contributed by atoms with E-state index in [1.807, 2.05) is 93.0 Å². The zero-order valence-corrected chi connectivity index (χ0v) is 17.8. The monoisotopic (exact) mass is 401 g/mol. The maximum absolute atomic E-state index is 5.34. The molecule has 0 aliphatic rings. The van der Waals surface area contributed by atoms with E-state index >= 15 is 0 Å². The van der Waals surface area contributed by atoms with Gasteiger partial charge in [-0.05, 0) is 59.7 Å². The summed E-state index contributed by atoms with van der Waals surface area (Å²) in [5, 5.41) is 6.29. The van der Waals surface area contributed by atoms with Crippen molar-refractivity contribution in [3.63, 3.8) is 0 Å². The second-order valence-corrected chi connectivity index (χ2v) is 6.57. The number of pyridine rings is 1. The van der Waals surface area contributed by atoms with Crippen LogP contribution in [0.4, 0.5) is 11.4 Å². The third-order valence-electron chi connectivity index (χ3n) is 4.67. The predicted molar refractivity (Wildman–Crippen MR) is 127 cm³/mol. The number of aromatic nitrogens is 1. The number of nitrogens with one attached hydrogen (secondary N) is 2. The molecule has 154 valence electrons. The van der Waals surface area contributed by atoms with E-state index in [1.165, 1.54) is 0 Å². The van der Waals surface area contributed by atoms with Crippen molar-refractivity contribution in [1.29, 1.82) is 0 Å². The minimum Gasteiger partial charge on any atom is -0.495 e. The molecule has 1 heterocycles. The van der Waals surface area contributed by atoms with Crippen LogP contribution in [0.5, 0.6) is 11.5 Å². The summed E-state index contributed by atoms with van der Waals surface area (Å²) >= 11 is 0. The number of methoxy groups -OCH3 is 2. The Hall–Kier alpha value is -3.73. The molecule has 3 aromatic rings. The van der Waals surface area contributed by atoms with Crippen LogP contribution >= 0.6 is 0 Å². The summed E-state index contributed by atoms with van der Waals surface area (Å²) in [6.45, 7) is 0. The number of anilines is 2. The molecule has 0 atom stereocenters. The van der Waals surface area contributed by atoms with Crippen molar-refractivity contribution in [2.45, 2.75) is 0 Å². The van der Waals surface area contributed by atoms with Crippen molar-refractivity contribution in [2.75, 3.05) is 38.9 Å². The van der Waals surface area contributed by atoms with Gasteiger partial charge in [-0.3, -0.25) is 0 Å². The zero-order valence-electron chi connectivity index (χ0n) is 17.8. The largest absolute Gasteiger partial charge is 0.495 e. The molecule has 3 rings (SSSR count). The molecule has 0 aliphatic carbocycles. The summed E-state index contributed by atoms with van der Waals surface area (Å²) in [6, 6.07) is 18.0. The molecule has 0 radical (unpaired) electrons. The van der Waals surface area contributed by atoms with Gasteiger partial charge >= 0.3 is 0 Å². The van der Waals surface area contributed by atoms with Crippen molar-refractivity contribution < 1.29 is 9.47 Å². The fraction of sp³-hybridized carbons (Fsp3) is 0.160. The van der Waals surface area contributed by atoms with Gasteiger partial charge in [-0.2, -0.15) is 0 Å². The smallest absolute Gasteiger partial charge is 0.141 e. The number of hydrogen-bond donors (Lipinski definition) is 2. The average molecular weight is 402 g/mol. The Bertz CT molecular complexity index is 977. The molecule has 30 heavy (non-hydrogen) atoms. The van der Waals surface area contributed by atoms with Crippen molar-refractivity contribution in [2.24, 2.45) is 0 Å². The van der Waals surface area contributed by atoms with E-state index in [1.54, 1.807) is 14.2 Å². The number of ether oxygens (including phenoxy) is 2. The molecule has 0 saturated carbocycles.